The quantitative estimate of drug-likeness (QED) is 0.678. The molecule has 28 heavy (non-hydrogen) atoms. The highest BCUT2D eigenvalue weighted by Crippen LogP contribution is 2.29. The summed E-state index contributed by atoms with van der Waals surface area (Å²) in [7, 11) is 0. The maximum Gasteiger partial charge on any atom is 0.340 e. The maximum absolute atomic E-state index is 13.2. The molecule has 1 aromatic carbocycles. The number of esters is 1. The van der Waals surface area contributed by atoms with E-state index < -0.39 is 5.97 Å². The van der Waals surface area contributed by atoms with Gasteiger partial charge in [0.2, 0.25) is 0 Å². The van der Waals surface area contributed by atoms with E-state index in [2.05, 4.69) is 22.1 Å². The van der Waals surface area contributed by atoms with Crippen molar-refractivity contribution < 1.29 is 14.3 Å². The van der Waals surface area contributed by atoms with Gasteiger partial charge in [0.25, 0.3) is 5.91 Å². The molecule has 0 aliphatic carbocycles. The van der Waals surface area contributed by atoms with Crippen molar-refractivity contribution in [3.05, 3.63) is 58.0 Å². The van der Waals surface area contributed by atoms with E-state index in [1.54, 1.807) is 13.8 Å². The molecule has 1 amide bonds. The average molecular weight is 379 g/mol. The fourth-order valence-electron chi connectivity index (χ4n) is 4.04. The summed E-state index contributed by atoms with van der Waals surface area (Å²) in [5.74, 6) is -0.474. The van der Waals surface area contributed by atoms with Gasteiger partial charge in [-0.2, -0.15) is 0 Å². The molecule has 0 saturated heterocycles. The maximum atomic E-state index is 13.2. The molecule has 4 rings (SSSR count). The number of ether oxygens (including phenoxy) is 1. The zero-order valence-corrected chi connectivity index (χ0v) is 16.7. The molecule has 0 unspecified atom stereocenters. The first kappa shape index (κ1) is 18.3. The molecule has 1 aliphatic rings. The topological polar surface area (TPSA) is 78.2 Å². The Kier molecular flexibility index (Phi) is 4.49. The van der Waals surface area contributed by atoms with Gasteiger partial charge in [0, 0.05) is 47.4 Å². The monoisotopic (exact) mass is 379 g/mol. The van der Waals surface area contributed by atoms with Crippen molar-refractivity contribution in [2.45, 2.75) is 46.8 Å². The Morgan fingerprint density at radius 1 is 1.14 bits per heavy atom. The number of amides is 1. The lowest BCUT2D eigenvalue weighted by atomic mass is 10.0. The minimum absolute atomic E-state index is 0.0832. The lowest BCUT2D eigenvalue weighted by Crippen LogP contribution is -2.36. The van der Waals surface area contributed by atoms with Crippen molar-refractivity contribution in [1.82, 2.24) is 14.9 Å². The zero-order valence-electron chi connectivity index (χ0n) is 16.7. The van der Waals surface area contributed by atoms with Crippen LogP contribution in [-0.4, -0.2) is 39.4 Å². The van der Waals surface area contributed by atoms with Crippen LogP contribution in [0.1, 0.15) is 57.2 Å². The number of aromatic amines is 2. The lowest BCUT2D eigenvalue weighted by Gasteiger charge is -2.27. The molecule has 0 spiro atoms. The summed E-state index contributed by atoms with van der Waals surface area (Å²) in [6.07, 6.45) is 0.583. The second-order valence-corrected chi connectivity index (χ2v) is 7.68. The minimum atomic E-state index is -0.391. The number of carbonyl (C=O) groups is 2. The van der Waals surface area contributed by atoms with Gasteiger partial charge >= 0.3 is 5.97 Å². The molecule has 2 aromatic heterocycles. The van der Waals surface area contributed by atoms with Gasteiger partial charge < -0.3 is 19.6 Å². The number of hydrogen-bond acceptors (Lipinski definition) is 3. The molecule has 2 N–H and O–H groups in total. The van der Waals surface area contributed by atoms with Crippen LogP contribution in [0.15, 0.2) is 24.3 Å². The van der Waals surface area contributed by atoms with Crippen molar-refractivity contribution in [1.29, 1.82) is 0 Å². The minimum Gasteiger partial charge on any atom is -0.459 e. The Bertz CT molecular complexity index is 1070. The fourth-order valence-corrected chi connectivity index (χ4v) is 4.04. The first-order chi connectivity index (χ1) is 13.4. The number of nitrogens with zero attached hydrogens (tertiary/aromatic N) is 1. The van der Waals surface area contributed by atoms with E-state index >= 15 is 0 Å². The molecule has 6 nitrogen and oxygen atoms in total. The number of fused-ring (bicyclic) bond motifs is 3. The van der Waals surface area contributed by atoms with Crippen LogP contribution in [0.3, 0.4) is 0 Å². The number of nitrogens with one attached hydrogen (secondary N) is 2. The third-order valence-corrected chi connectivity index (χ3v) is 5.37. The Labute approximate surface area is 163 Å². The number of H-pyrrole nitrogens is 2. The summed E-state index contributed by atoms with van der Waals surface area (Å²) in [6, 6.07) is 8.17. The molecule has 146 valence electrons. The fraction of sp³-hybridized carbons (Fsp3) is 0.364. The summed E-state index contributed by atoms with van der Waals surface area (Å²) in [5, 5.41) is 1.16. The van der Waals surface area contributed by atoms with Crippen LogP contribution in [0.25, 0.3) is 10.9 Å². The third-order valence-electron chi connectivity index (χ3n) is 5.37. The standard InChI is InChI=1S/C22H25N3O3/c1-12(2)28-22(27)19-13(3)20(23-14(19)4)21(26)25-10-9-18-16(11-25)15-7-5-6-8-17(15)24-18/h5-8,12,23-24H,9-11H2,1-4H3. The molecular formula is C22H25N3O3. The van der Waals surface area contributed by atoms with Crippen LogP contribution in [0.2, 0.25) is 0 Å². The summed E-state index contributed by atoms with van der Waals surface area (Å²) in [4.78, 5) is 34.1. The summed E-state index contributed by atoms with van der Waals surface area (Å²) in [5.41, 5.74) is 5.72. The van der Waals surface area contributed by atoms with E-state index in [1.165, 1.54) is 11.3 Å². The van der Waals surface area contributed by atoms with Crippen LogP contribution < -0.4 is 0 Å². The number of rotatable bonds is 3. The average Bonchev–Trinajstić information content (AvgIpc) is 3.17. The molecule has 0 fully saturated rings. The smallest absolute Gasteiger partial charge is 0.340 e. The zero-order chi connectivity index (χ0) is 20.0. The number of para-hydroxylation sites is 1. The molecule has 0 radical (unpaired) electrons. The highest BCUT2D eigenvalue weighted by atomic mass is 16.5. The predicted molar refractivity (Wildman–Crippen MR) is 108 cm³/mol. The van der Waals surface area contributed by atoms with Crippen LogP contribution in [-0.2, 0) is 17.7 Å². The number of carbonyl (C=O) groups excluding carboxylic acids is 2. The first-order valence-electron chi connectivity index (χ1n) is 9.64. The number of aryl methyl sites for hydroxylation is 1. The summed E-state index contributed by atoms with van der Waals surface area (Å²) >= 11 is 0. The Morgan fingerprint density at radius 2 is 1.89 bits per heavy atom. The number of aromatic nitrogens is 2. The number of benzene rings is 1. The molecule has 0 saturated carbocycles. The van der Waals surface area contributed by atoms with Gasteiger partial charge in [0.15, 0.2) is 0 Å². The summed E-state index contributed by atoms with van der Waals surface area (Å²) < 4.78 is 5.33. The van der Waals surface area contributed by atoms with Gasteiger partial charge in [-0.05, 0) is 39.3 Å². The lowest BCUT2D eigenvalue weighted by molar-refractivity contribution is 0.0376. The van der Waals surface area contributed by atoms with Crippen molar-refractivity contribution in [3.8, 4) is 0 Å². The molecule has 1 aliphatic heterocycles. The van der Waals surface area contributed by atoms with Crippen molar-refractivity contribution in [2.24, 2.45) is 0 Å². The van der Waals surface area contributed by atoms with Crippen LogP contribution in [0.5, 0.6) is 0 Å². The third kappa shape index (κ3) is 2.99. The van der Waals surface area contributed by atoms with Gasteiger partial charge in [0.1, 0.15) is 5.69 Å². The largest absolute Gasteiger partial charge is 0.459 e. The van der Waals surface area contributed by atoms with Gasteiger partial charge in [0.05, 0.1) is 11.7 Å². The van der Waals surface area contributed by atoms with E-state index in [9.17, 15) is 9.59 Å². The molecule has 3 aromatic rings. The van der Waals surface area contributed by atoms with E-state index in [0.717, 1.165) is 17.3 Å². The summed E-state index contributed by atoms with van der Waals surface area (Å²) in [6.45, 7) is 8.42. The van der Waals surface area contributed by atoms with Crippen LogP contribution in [0.4, 0.5) is 0 Å². The Balaban J connectivity index is 1.63. The SMILES string of the molecule is Cc1[nH]c(C(=O)N2CCc3[nH]c4ccccc4c3C2)c(C)c1C(=O)OC(C)C. The Morgan fingerprint density at radius 3 is 2.64 bits per heavy atom. The van der Waals surface area contributed by atoms with E-state index in [0.29, 0.717) is 35.6 Å². The molecule has 3 heterocycles. The Hall–Kier alpha value is -3.02. The van der Waals surface area contributed by atoms with E-state index in [-0.39, 0.29) is 12.0 Å². The van der Waals surface area contributed by atoms with Gasteiger partial charge in [-0.25, -0.2) is 4.79 Å². The normalized spacial score (nSPS) is 13.8. The molecule has 6 heteroatoms. The second-order valence-electron chi connectivity index (χ2n) is 7.68. The highest BCUT2D eigenvalue weighted by molar-refractivity contribution is 6.01. The highest BCUT2D eigenvalue weighted by Gasteiger charge is 2.29. The van der Waals surface area contributed by atoms with Gasteiger partial charge in [-0.15, -0.1) is 0 Å². The molecular weight excluding hydrogens is 354 g/mol. The van der Waals surface area contributed by atoms with E-state index in [4.69, 9.17) is 4.74 Å². The first-order valence-corrected chi connectivity index (χ1v) is 9.64. The van der Waals surface area contributed by atoms with Crippen molar-refractivity contribution in [2.75, 3.05) is 6.54 Å². The van der Waals surface area contributed by atoms with Crippen LogP contribution in [0, 0.1) is 13.8 Å². The molecule has 0 atom stereocenters. The van der Waals surface area contributed by atoms with Gasteiger partial charge in [-0.1, -0.05) is 18.2 Å². The van der Waals surface area contributed by atoms with Crippen LogP contribution >= 0.6 is 0 Å². The van der Waals surface area contributed by atoms with Crippen molar-refractivity contribution >= 4 is 22.8 Å². The van der Waals surface area contributed by atoms with Gasteiger partial charge in [-0.3, -0.25) is 4.79 Å². The predicted octanol–water partition coefficient (Wildman–Crippen LogP) is 3.88. The number of hydrogen-bond donors (Lipinski definition) is 2. The molecule has 0 bridgehead atoms. The second kappa shape index (κ2) is 6.86. The van der Waals surface area contributed by atoms with E-state index in [1.807, 2.05) is 30.9 Å². The van der Waals surface area contributed by atoms with Crippen molar-refractivity contribution in [3.63, 3.8) is 0 Å².